The lowest BCUT2D eigenvalue weighted by molar-refractivity contribution is -0.139. The molecule has 1 aliphatic heterocycles. The molecule has 0 aliphatic carbocycles. The number of hydrogen-bond donors (Lipinski definition) is 1. The predicted octanol–water partition coefficient (Wildman–Crippen LogP) is 3.58. The maximum Gasteiger partial charge on any atom is 0.417 e. The Labute approximate surface area is 164 Å². The highest BCUT2D eigenvalue weighted by atomic mass is 32.1. The Morgan fingerprint density at radius 3 is 2.29 bits per heavy atom. The highest BCUT2D eigenvalue weighted by Gasteiger charge is 2.34. The summed E-state index contributed by atoms with van der Waals surface area (Å²) in [5, 5.41) is 0. The van der Waals surface area contributed by atoms with Crippen LogP contribution in [0.4, 0.5) is 13.2 Å². The van der Waals surface area contributed by atoms with Crippen molar-refractivity contribution in [2.75, 3.05) is 26.2 Å². The van der Waals surface area contributed by atoms with Crippen LogP contribution in [0.5, 0.6) is 0 Å². The number of hydrogen-bond acceptors (Lipinski definition) is 4. The van der Waals surface area contributed by atoms with Crippen LogP contribution in [0.3, 0.4) is 0 Å². The number of rotatable bonds is 3. The van der Waals surface area contributed by atoms with Crippen LogP contribution in [0.1, 0.15) is 21.7 Å². The SMILES string of the molecule is C=C(C(=O)N1CCN(C(=O)c2ccco2)CC1)c1ccc(S)c(C(F)(F)F)c1. The quantitative estimate of drug-likeness (QED) is 0.622. The Morgan fingerprint density at radius 1 is 1.07 bits per heavy atom. The van der Waals surface area contributed by atoms with Crippen molar-refractivity contribution in [2.45, 2.75) is 11.1 Å². The fraction of sp³-hybridized carbons (Fsp3) is 0.263. The summed E-state index contributed by atoms with van der Waals surface area (Å²) in [5.74, 6) is -0.518. The van der Waals surface area contributed by atoms with Crippen molar-refractivity contribution < 1.29 is 27.2 Å². The standard InChI is InChI=1S/C19H17F3N2O3S/c1-12(13-4-5-16(28)14(11-13)19(20,21)22)17(25)23-6-8-24(9-7-23)18(26)15-3-2-10-27-15/h2-5,10-11,28H,1,6-9H2. The van der Waals surface area contributed by atoms with Gasteiger partial charge in [-0.15, -0.1) is 12.6 Å². The minimum absolute atomic E-state index is 0.0374. The molecule has 0 saturated carbocycles. The number of piperazine rings is 1. The number of carbonyl (C=O) groups excluding carboxylic acids is 2. The molecule has 0 radical (unpaired) electrons. The highest BCUT2D eigenvalue weighted by molar-refractivity contribution is 7.80. The molecule has 1 aromatic heterocycles. The molecule has 0 unspecified atom stereocenters. The van der Waals surface area contributed by atoms with Gasteiger partial charge in [0.2, 0.25) is 0 Å². The minimum atomic E-state index is -4.58. The molecule has 0 bridgehead atoms. The van der Waals surface area contributed by atoms with Gasteiger partial charge in [-0.2, -0.15) is 13.2 Å². The van der Waals surface area contributed by atoms with Gasteiger partial charge in [0.1, 0.15) is 0 Å². The van der Waals surface area contributed by atoms with Crippen LogP contribution < -0.4 is 0 Å². The Morgan fingerprint density at radius 2 is 1.71 bits per heavy atom. The third-order valence-electron chi connectivity index (χ3n) is 4.49. The Balaban J connectivity index is 1.67. The normalized spacial score (nSPS) is 14.9. The van der Waals surface area contributed by atoms with E-state index in [9.17, 15) is 22.8 Å². The fourth-order valence-corrected chi connectivity index (χ4v) is 3.20. The zero-order chi connectivity index (χ0) is 20.5. The lowest BCUT2D eigenvalue weighted by Crippen LogP contribution is -2.50. The van der Waals surface area contributed by atoms with Gasteiger partial charge in [0.15, 0.2) is 5.76 Å². The molecule has 0 atom stereocenters. The molecular formula is C19H17F3N2O3S. The van der Waals surface area contributed by atoms with Crippen LogP contribution >= 0.6 is 12.6 Å². The van der Waals surface area contributed by atoms with Gasteiger partial charge in [-0.3, -0.25) is 9.59 Å². The molecule has 148 valence electrons. The molecule has 0 spiro atoms. The predicted molar refractivity (Wildman–Crippen MR) is 98.9 cm³/mol. The van der Waals surface area contributed by atoms with Gasteiger partial charge in [0.05, 0.1) is 11.8 Å². The summed E-state index contributed by atoms with van der Waals surface area (Å²) in [6.45, 7) is 4.76. The van der Waals surface area contributed by atoms with E-state index >= 15 is 0 Å². The highest BCUT2D eigenvalue weighted by Crippen LogP contribution is 2.35. The van der Waals surface area contributed by atoms with Crippen LogP contribution in [-0.4, -0.2) is 47.8 Å². The lowest BCUT2D eigenvalue weighted by atomic mass is 10.0. The van der Waals surface area contributed by atoms with Crippen LogP contribution in [-0.2, 0) is 11.0 Å². The smallest absolute Gasteiger partial charge is 0.417 e. The van der Waals surface area contributed by atoms with E-state index in [1.54, 1.807) is 17.0 Å². The third-order valence-corrected chi connectivity index (χ3v) is 4.88. The number of benzene rings is 1. The molecule has 1 saturated heterocycles. The van der Waals surface area contributed by atoms with E-state index in [2.05, 4.69) is 19.2 Å². The zero-order valence-corrected chi connectivity index (χ0v) is 15.6. The van der Waals surface area contributed by atoms with Crippen molar-refractivity contribution in [2.24, 2.45) is 0 Å². The summed E-state index contributed by atoms with van der Waals surface area (Å²) in [7, 11) is 0. The first-order valence-corrected chi connectivity index (χ1v) is 8.84. The molecule has 1 fully saturated rings. The second-order valence-corrected chi connectivity index (χ2v) is 6.75. The van der Waals surface area contributed by atoms with E-state index < -0.39 is 17.6 Å². The molecule has 28 heavy (non-hydrogen) atoms. The fourth-order valence-electron chi connectivity index (χ4n) is 2.93. The van der Waals surface area contributed by atoms with E-state index in [0.717, 1.165) is 6.07 Å². The van der Waals surface area contributed by atoms with Gasteiger partial charge in [-0.25, -0.2) is 0 Å². The summed E-state index contributed by atoms with van der Waals surface area (Å²) >= 11 is 3.82. The maximum absolute atomic E-state index is 13.1. The molecule has 1 aliphatic rings. The Kier molecular flexibility index (Phi) is 5.55. The summed E-state index contributed by atoms with van der Waals surface area (Å²) in [4.78, 5) is 27.7. The van der Waals surface area contributed by atoms with Gasteiger partial charge < -0.3 is 14.2 Å². The molecule has 0 N–H and O–H groups in total. The van der Waals surface area contributed by atoms with Crippen molar-refractivity contribution in [3.63, 3.8) is 0 Å². The first kappa shape index (κ1) is 20.1. The van der Waals surface area contributed by atoms with Crippen molar-refractivity contribution >= 4 is 30.0 Å². The van der Waals surface area contributed by atoms with Crippen molar-refractivity contribution in [3.8, 4) is 0 Å². The molecule has 5 nitrogen and oxygen atoms in total. The summed E-state index contributed by atoms with van der Waals surface area (Å²) < 4.78 is 44.3. The average Bonchev–Trinajstić information content (AvgIpc) is 3.20. The summed E-state index contributed by atoms with van der Waals surface area (Å²) in [5.41, 5.74) is -0.870. The largest absolute Gasteiger partial charge is 0.459 e. The monoisotopic (exact) mass is 410 g/mol. The minimum Gasteiger partial charge on any atom is -0.459 e. The van der Waals surface area contributed by atoms with E-state index in [1.807, 2.05) is 0 Å². The van der Waals surface area contributed by atoms with Gasteiger partial charge in [-0.05, 0) is 29.8 Å². The van der Waals surface area contributed by atoms with E-state index in [-0.39, 0.29) is 40.8 Å². The van der Waals surface area contributed by atoms with Crippen LogP contribution in [0, 0.1) is 0 Å². The van der Waals surface area contributed by atoms with Crippen molar-refractivity contribution in [1.29, 1.82) is 0 Å². The molecular weight excluding hydrogens is 393 g/mol. The van der Waals surface area contributed by atoms with E-state index in [4.69, 9.17) is 4.42 Å². The maximum atomic E-state index is 13.1. The van der Waals surface area contributed by atoms with E-state index in [1.165, 1.54) is 23.3 Å². The molecule has 2 amide bonds. The molecule has 2 heterocycles. The number of halogens is 3. The van der Waals surface area contributed by atoms with Gasteiger partial charge >= 0.3 is 6.18 Å². The van der Waals surface area contributed by atoms with Crippen LogP contribution in [0.2, 0.25) is 0 Å². The van der Waals surface area contributed by atoms with Crippen LogP contribution in [0.15, 0.2) is 52.5 Å². The second kappa shape index (κ2) is 7.75. The first-order chi connectivity index (χ1) is 13.2. The lowest BCUT2D eigenvalue weighted by Gasteiger charge is -2.34. The third kappa shape index (κ3) is 4.09. The van der Waals surface area contributed by atoms with Gasteiger partial charge in [0, 0.05) is 36.6 Å². The van der Waals surface area contributed by atoms with Gasteiger partial charge in [-0.1, -0.05) is 12.6 Å². The topological polar surface area (TPSA) is 53.8 Å². The number of alkyl halides is 3. The Bertz CT molecular complexity index is 902. The summed E-state index contributed by atoms with van der Waals surface area (Å²) in [6, 6.07) is 6.63. The first-order valence-electron chi connectivity index (χ1n) is 8.40. The zero-order valence-electron chi connectivity index (χ0n) is 14.7. The second-order valence-electron chi connectivity index (χ2n) is 6.27. The molecule has 1 aromatic carbocycles. The number of furan rings is 1. The van der Waals surface area contributed by atoms with Crippen molar-refractivity contribution in [3.05, 3.63) is 60.1 Å². The van der Waals surface area contributed by atoms with Crippen molar-refractivity contribution in [1.82, 2.24) is 9.80 Å². The molecule has 9 heteroatoms. The van der Waals surface area contributed by atoms with Gasteiger partial charge in [0.25, 0.3) is 11.8 Å². The Hall–Kier alpha value is -2.68. The molecule has 3 rings (SSSR count). The number of carbonyl (C=O) groups is 2. The average molecular weight is 410 g/mol. The summed E-state index contributed by atoms with van der Waals surface area (Å²) in [6.07, 6.45) is -3.17. The molecule has 2 aromatic rings. The van der Waals surface area contributed by atoms with E-state index in [0.29, 0.717) is 13.1 Å². The number of thiol groups is 1. The number of amides is 2. The number of nitrogens with zero attached hydrogens (tertiary/aromatic N) is 2. The van der Waals surface area contributed by atoms with Crippen LogP contribution in [0.25, 0.3) is 5.57 Å².